The van der Waals surface area contributed by atoms with Crippen molar-refractivity contribution in [2.75, 3.05) is 20.3 Å². The third-order valence-corrected chi connectivity index (χ3v) is 6.96. The van der Waals surface area contributed by atoms with Crippen molar-refractivity contribution in [2.45, 2.75) is 33.3 Å². The van der Waals surface area contributed by atoms with E-state index in [9.17, 15) is 9.59 Å². The molecule has 0 unspecified atom stereocenters. The van der Waals surface area contributed by atoms with Crippen molar-refractivity contribution in [1.82, 2.24) is 4.90 Å². The molecule has 180 valence electrons. The number of amides is 1. The van der Waals surface area contributed by atoms with Gasteiger partial charge in [0.25, 0.3) is 5.91 Å². The maximum atomic E-state index is 12.9. The van der Waals surface area contributed by atoms with Crippen molar-refractivity contribution in [3.8, 4) is 11.5 Å². The summed E-state index contributed by atoms with van der Waals surface area (Å²) in [6.45, 7) is 4.93. The summed E-state index contributed by atoms with van der Waals surface area (Å²) in [5.41, 5.74) is 3.02. The molecule has 1 aliphatic heterocycles. The quantitative estimate of drug-likeness (QED) is 0.203. The molecule has 1 aliphatic rings. The number of methoxy groups -OCH3 is 1. The third kappa shape index (κ3) is 6.84. The molecule has 0 spiro atoms. The highest BCUT2D eigenvalue weighted by Gasteiger charge is 2.31. The number of thioether (sulfide) groups is 1. The van der Waals surface area contributed by atoms with Crippen LogP contribution in [0.2, 0.25) is 0 Å². The molecule has 0 atom stereocenters. The Balaban J connectivity index is 1.70. The van der Waals surface area contributed by atoms with Crippen LogP contribution in [0.3, 0.4) is 0 Å². The maximum absolute atomic E-state index is 12.9. The number of nitrogens with zero attached hydrogens (tertiary/aromatic N) is 1. The van der Waals surface area contributed by atoms with Crippen LogP contribution in [0.25, 0.3) is 6.08 Å². The third-order valence-electron chi connectivity index (χ3n) is 4.99. The number of carbonyl (C=O) groups excluding carboxylic acids is 2. The Labute approximate surface area is 217 Å². The smallest absolute Gasteiger partial charge is 0.305 e. The van der Waals surface area contributed by atoms with Gasteiger partial charge in [-0.2, -0.15) is 0 Å². The van der Waals surface area contributed by atoms with E-state index in [1.807, 2.05) is 43.3 Å². The van der Waals surface area contributed by atoms with Crippen LogP contribution < -0.4 is 9.47 Å². The Bertz CT molecular complexity index is 1100. The van der Waals surface area contributed by atoms with E-state index in [0.717, 1.165) is 15.6 Å². The second-order valence-corrected chi connectivity index (χ2v) is 10.1. The van der Waals surface area contributed by atoms with Crippen molar-refractivity contribution in [3.63, 3.8) is 0 Å². The van der Waals surface area contributed by atoms with E-state index in [4.69, 9.17) is 26.4 Å². The number of esters is 1. The summed E-state index contributed by atoms with van der Waals surface area (Å²) in [6, 6.07) is 11.8. The van der Waals surface area contributed by atoms with Crippen molar-refractivity contribution < 1.29 is 23.8 Å². The van der Waals surface area contributed by atoms with E-state index in [-0.39, 0.29) is 18.3 Å². The Morgan fingerprint density at radius 1 is 1.24 bits per heavy atom. The van der Waals surface area contributed by atoms with Crippen LogP contribution in [-0.4, -0.2) is 41.4 Å². The molecule has 0 aromatic heterocycles. The number of benzene rings is 2. The summed E-state index contributed by atoms with van der Waals surface area (Å²) in [4.78, 5) is 26.5. The standard InChI is InChI=1S/C25H26BrNO5S2/c1-4-31-22(28)6-5-11-27-24(29)21(34-25(27)33)14-18-12-19(26)23(20(13-18)30-3)32-15-17-9-7-16(2)8-10-17/h7-10,12-14H,4-6,11,15H2,1-3H3/b21-14-. The molecule has 1 amide bonds. The first-order valence-corrected chi connectivity index (χ1v) is 12.8. The highest BCUT2D eigenvalue weighted by molar-refractivity contribution is 9.10. The van der Waals surface area contributed by atoms with Gasteiger partial charge in [0.15, 0.2) is 11.5 Å². The van der Waals surface area contributed by atoms with Gasteiger partial charge in [-0.1, -0.05) is 53.8 Å². The number of rotatable bonds is 10. The Morgan fingerprint density at radius 3 is 2.65 bits per heavy atom. The minimum atomic E-state index is -0.273. The summed E-state index contributed by atoms with van der Waals surface area (Å²) in [7, 11) is 1.58. The number of hydrogen-bond acceptors (Lipinski definition) is 7. The maximum Gasteiger partial charge on any atom is 0.305 e. The average molecular weight is 565 g/mol. The SMILES string of the molecule is CCOC(=O)CCCN1C(=O)/C(=C/c2cc(Br)c(OCc3ccc(C)cc3)c(OC)c2)SC1=S. The van der Waals surface area contributed by atoms with E-state index in [1.54, 1.807) is 20.1 Å². The molecule has 6 nitrogen and oxygen atoms in total. The molecule has 0 radical (unpaired) electrons. The fourth-order valence-corrected chi connectivity index (χ4v) is 5.14. The zero-order chi connectivity index (χ0) is 24.7. The molecule has 0 aliphatic carbocycles. The van der Waals surface area contributed by atoms with Gasteiger partial charge in [0, 0.05) is 13.0 Å². The van der Waals surface area contributed by atoms with Gasteiger partial charge in [-0.3, -0.25) is 14.5 Å². The Morgan fingerprint density at radius 2 is 1.97 bits per heavy atom. The molecule has 1 heterocycles. The minimum Gasteiger partial charge on any atom is -0.493 e. The number of hydrogen-bond donors (Lipinski definition) is 0. The lowest BCUT2D eigenvalue weighted by Crippen LogP contribution is -2.29. The van der Waals surface area contributed by atoms with Crippen molar-refractivity contribution >= 4 is 62.2 Å². The number of aryl methyl sites for hydroxylation is 1. The number of carbonyl (C=O) groups is 2. The fourth-order valence-electron chi connectivity index (χ4n) is 3.26. The van der Waals surface area contributed by atoms with Crippen LogP contribution in [0.1, 0.15) is 36.5 Å². The molecular weight excluding hydrogens is 538 g/mol. The summed E-state index contributed by atoms with van der Waals surface area (Å²) in [5.74, 6) is 0.697. The van der Waals surface area contributed by atoms with E-state index >= 15 is 0 Å². The predicted octanol–water partition coefficient (Wildman–Crippen LogP) is 5.89. The van der Waals surface area contributed by atoms with Crippen LogP contribution in [-0.2, 0) is 20.9 Å². The van der Waals surface area contributed by atoms with Gasteiger partial charge >= 0.3 is 5.97 Å². The second kappa shape index (κ2) is 12.4. The molecule has 0 bridgehead atoms. The number of ether oxygens (including phenoxy) is 3. The van der Waals surface area contributed by atoms with Gasteiger partial charge in [0.2, 0.25) is 0 Å². The van der Waals surface area contributed by atoms with Gasteiger partial charge in [0.1, 0.15) is 10.9 Å². The minimum absolute atomic E-state index is 0.173. The first-order valence-electron chi connectivity index (χ1n) is 10.8. The summed E-state index contributed by atoms with van der Waals surface area (Å²) in [5, 5.41) is 0. The predicted molar refractivity (Wildman–Crippen MR) is 142 cm³/mol. The molecule has 34 heavy (non-hydrogen) atoms. The van der Waals surface area contributed by atoms with E-state index < -0.39 is 0 Å². The Hall–Kier alpha value is -2.36. The molecule has 0 N–H and O–H groups in total. The van der Waals surface area contributed by atoms with Crippen molar-refractivity contribution in [2.24, 2.45) is 0 Å². The van der Waals surface area contributed by atoms with Gasteiger partial charge in [-0.25, -0.2) is 0 Å². The first-order chi connectivity index (χ1) is 16.3. The summed E-state index contributed by atoms with van der Waals surface area (Å²) < 4.78 is 17.7. The van der Waals surface area contributed by atoms with E-state index in [1.165, 1.54) is 22.2 Å². The van der Waals surface area contributed by atoms with Crippen LogP contribution in [0, 0.1) is 6.92 Å². The van der Waals surface area contributed by atoms with Crippen LogP contribution in [0.4, 0.5) is 0 Å². The number of thiocarbonyl (C=S) groups is 1. The molecule has 2 aromatic rings. The highest BCUT2D eigenvalue weighted by atomic mass is 79.9. The molecule has 1 fully saturated rings. The largest absolute Gasteiger partial charge is 0.493 e. The molecule has 1 saturated heterocycles. The van der Waals surface area contributed by atoms with Crippen LogP contribution in [0.15, 0.2) is 45.8 Å². The topological polar surface area (TPSA) is 65.1 Å². The average Bonchev–Trinajstić information content (AvgIpc) is 3.06. The van der Waals surface area contributed by atoms with Crippen molar-refractivity contribution in [1.29, 1.82) is 0 Å². The highest BCUT2D eigenvalue weighted by Crippen LogP contribution is 2.39. The monoisotopic (exact) mass is 563 g/mol. The Kier molecular flexibility index (Phi) is 9.55. The fraction of sp³-hybridized carbons (Fsp3) is 0.320. The molecule has 0 saturated carbocycles. The first kappa shape index (κ1) is 26.2. The van der Waals surface area contributed by atoms with Crippen molar-refractivity contribution in [3.05, 3.63) is 62.5 Å². The van der Waals surface area contributed by atoms with Gasteiger partial charge in [-0.15, -0.1) is 0 Å². The summed E-state index contributed by atoms with van der Waals surface area (Å²) in [6.07, 6.45) is 2.52. The normalized spacial score (nSPS) is 14.6. The summed E-state index contributed by atoms with van der Waals surface area (Å²) >= 11 is 10.2. The van der Waals surface area contributed by atoms with Crippen LogP contribution in [0.5, 0.6) is 11.5 Å². The van der Waals surface area contributed by atoms with Crippen LogP contribution >= 0.6 is 39.9 Å². The van der Waals surface area contributed by atoms with E-state index in [2.05, 4.69) is 15.9 Å². The molecular formula is C25H26BrNO5S2. The molecule has 3 rings (SSSR count). The van der Waals surface area contributed by atoms with Gasteiger partial charge in [-0.05, 0) is 65.5 Å². The van der Waals surface area contributed by atoms with E-state index in [0.29, 0.717) is 46.9 Å². The zero-order valence-electron chi connectivity index (χ0n) is 19.3. The zero-order valence-corrected chi connectivity index (χ0v) is 22.5. The molecule has 9 heteroatoms. The molecule has 2 aromatic carbocycles. The van der Waals surface area contributed by atoms with Gasteiger partial charge in [0.05, 0.1) is 23.1 Å². The lowest BCUT2D eigenvalue weighted by Gasteiger charge is -2.14. The second-order valence-electron chi connectivity index (χ2n) is 7.55. The van der Waals surface area contributed by atoms with Gasteiger partial charge < -0.3 is 14.2 Å². The lowest BCUT2D eigenvalue weighted by atomic mass is 10.1. The number of halogens is 1. The lowest BCUT2D eigenvalue weighted by molar-refractivity contribution is -0.143.